The van der Waals surface area contributed by atoms with E-state index in [0.717, 1.165) is 0 Å². The number of benzene rings is 1. The molecule has 6 heteroatoms. The lowest BCUT2D eigenvalue weighted by Gasteiger charge is -2.19. The van der Waals surface area contributed by atoms with E-state index in [9.17, 15) is 14.4 Å². The average molecular weight is 291 g/mol. The average Bonchev–Trinajstić information content (AvgIpc) is 2.62. The van der Waals surface area contributed by atoms with E-state index in [-0.39, 0.29) is 13.0 Å². The normalized spacial score (nSPS) is 14.3. The summed E-state index contributed by atoms with van der Waals surface area (Å²) in [4.78, 5) is 40.6. The molecule has 1 aromatic carbocycles. The van der Waals surface area contributed by atoms with Gasteiger partial charge in [0.1, 0.15) is 5.60 Å². The lowest BCUT2D eigenvalue weighted by Crippen LogP contribution is -2.31. The van der Waals surface area contributed by atoms with E-state index in [0.29, 0.717) is 16.2 Å². The van der Waals surface area contributed by atoms with E-state index >= 15 is 0 Å². The van der Waals surface area contributed by atoms with Gasteiger partial charge in [-0.25, -0.2) is 0 Å². The fourth-order valence-electron chi connectivity index (χ4n) is 1.90. The Morgan fingerprint density at radius 2 is 1.62 bits per heavy atom. The number of esters is 1. The molecule has 0 aliphatic carbocycles. The van der Waals surface area contributed by atoms with Gasteiger partial charge >= 0.3 is 5.97 Å². The second-order valence-electron chi connectivity index (χ2n) is 5.62. The Bertz CT molecular complexity index is 553. The Labute approximate surface area is 122 Å². The van der Waals surface area contributed by atoms with Crippen LogP contribution in [0.15, 0.2) is 24.3 Å². The molecule has 0 N–H and O–H groups in total. The Morgan fingerprint density at radius 3 is 2.10 bits per heavy atom. The van der Waals surface area contributed by atoms with Crippen molar-refractivity contribution in [3.05, 3.63) is 35.4 Å². The molecule has 112 valence electrons. The van der Waals surface area contributed by atoms with Gasteiger partial charge in [-0.1, -0.05) is 12.1 Å². The fourth-order valence-corrected chi connectivity index (χ4v) is 1.90. The number of fused-ring (bicyclic) bond motifs is 1. The minimum Gasteiger partial charge on any atom is -0.460 e. The van der Waals surface area contributed by atoms with Crippen molar-refractivity contribution in [3.63, 3.8) is 0 Å². The molecular weight excluding hydrogens is 274 g/mol. The Balaban J connectivity index is 1.90. The highest BCUT2D eigenvalue weighted by molar-refractivity contribution is 6.20. The minimum atomic E-state index is -0.577. The number of rotatable bonds is 4. The zero-order valence-corrected chi connectivity index (χ0v) is 12.2. The molecule has 0 radical (unpaired) electrons. The van der Waals surface area contributed by atoms with Crippen LogP contribution < -0.4 is 0 Å². The standard InChI is InChI=1S/C15H17NO5/c1-15(2,3)21-12(17)8-9-20-16-13(18)10-6-4-5-7-11(10)14(16)19/h4-7H,8-9H2,1-3H3. The van der Waals surface area contributed by atoms with Crippen LogP contribution in [-0.2, 0) is 14.4 Å². The molecule has 0 atom stereocenters. The van der Waals surface area contributed by atoms with Crippen LogP contribution in [0.4, 0.5) is 0 Å². The van der Waals surface area contributed by atoms with Crippen LogP contribution in [0.5, 0.6) is 0 Å². The molecule has 0 unspecified atom stereocenters. The van der Waals surface area contributed by atoms with Gasteiger partial charge in [-0.3, -0.25) is 19.2 Å². The molecule has 21 heavy (non-hydrogen) atoms. The minimum absolute atomic E-state index is 0.0370. The van der Waals surface area contributed by atoms with Crippen molar-refractivity contribution in [2.75, 3.05) is 6.61 Å². The lowest BCUT2D eigenvalue weighted by atomic mass is 10.1. The highest BCUT2D eigenvalue weighted by Gasteiger charge is 2.36. The summed E-state index contributed by atoms with van der Waals surface area (Å²) in [6.07, 6.45) is -0.0370. The number of imide groups is 1. The van der Waals surface area contributed by atoms with Gasteiger partial charge in [0.2, 0.25) is 0 Å². The van der Waals surface area contributed by atoms with Gasteiger partial charge in [0, 0.05) is 0 Å². The molecule has 0 fully saturated rings. The van der Waals surface area contributed by atoms with E-state index in [1.165, 1.54) is 0 Å². The zero-order valence-electron chi connectivity index (χ0n) is 12.2. The van der Waals surface area contributed by atoms with Gasteiger partial charge in [0.15, 0.2) is 0 Å². The van der Waals surface area contributed by atoms with Crippen molar-refractivity contribution >= 4 is 17.8 Å². The van der Waals surface area contributed by atoms with Gasteiger partial charge in [0.25, 0.3) is 11.8 Å². The van der Waals surface area contributed by atoms with Crippen molar-refractivity contribution in [2.45, 2.75) is 32.8 Å². The molecule has 6 nitrogen and oxygen atoms in total. The number of hydrogen-bond acceptors (Lipinski definition) is 5. The van der Waals surface area contributed by atoms with Crippen LogP contribution in [0.3, 0.4) is 0 Å². The summed E-state index contributed by atoms with van der Waals surface area (Å²) in [5.41, 5.74) is 0.0339. The molecule has 0 saturated carbocycles. The van der Waals surface area contributed by atoms with E-state index in [1.54, 1.807) is 45.0 Å². The molecule has 0 spiro atoms. The van der Waals surface area contributed by atoms with Crippen LogP contribution in [0.25, 0.3) is 0 Å². The van der Waals surface area contributed by atoms with E-state index in [4.69, 9.17) is 9.57 Å². The summed E-state index contributed by atoms with van der Waals surface area (Å²) in [6.45, 7) is 5.18. The number of ether oxygens (including phenoxy) is 1. The van der Waals surface area contributed by atoms with Gasteiger partial charge < -0.3 is 4.74 Å². The van der Waals surface area contributed by atoms with Gasteiger partial charge in [-0.2, -0.15) is 0 Å². The Kier molecular flexibility index (Phi) is 4.09. The predicted molar refractivity (Wildman–Crippen MR) is 73.4 cm³/mol. The largest absolute Gasteiger partial charge is 0.460 e. The number of nitrogens with zero attached hydrogens (tertiary/aromatic N) is 1. The maximum absolute atomic E-state index is 12.0. The summed E-state index contributed by atoms with van der Waals surface area (Å²) in [5.74, 6) is -1.47. The zero-order chi connectivity index (χ0) is 15.6. The van der Waals surface area contributed by atoms with Crippen molar-refractivity contribution in [1.29, 1.82) is 0 Å². The molecule has 1 heterocycles. The van der Waals surface area contributed by atoms with Crippen LogP contribution in [0.1, 0.15) is 47.9 Å². The van der Waals surface area contributed by atoms with E-state index in [1.807, 2.05) is 0 Å². The van der Waals surface area contributed by atoms with Gasteiger partial charge in [0.05, 0.1) is 24.2 Å². The molecular formula is C15H17NO5. The third kappa shape index (κ3) is 3.46. The molecule has 2 rings (SSSR count). The molecule has 1 aromatic rings. The van der Waals surface area contributed by atoms with Crippen molar-refractivity contribution in [1.82, 2.24) is 5.06 Å². The first-order valence-corrected chi connectivity index (χ1v) is 6.62. The molecule has 0 saturated heterocycles. The van der Waals surface area contributed by atoms with Crippen molar-refractivity contribution in [2.24, 2.45) is 0 Å². The summed E-state index contributed by atoms with van der Waals surface area (Å²) in [6, 6.07) is 6.47. The van der Waals surface area contributed by atoms with Crippen LogP contribution >= 0.6 is 0 Å². The van der Waals surface area contributed by atoms with Crippen LogP contribution in [0.2, 0.25) is 0 Å². The first-order valence-electron chi connectivity index (χ1n) is 6.62. The first kappa shape index (κ1) is 15.2. The van der Waals surface area contributed by atoms with Crippen molar-refractivity contribution in [3.8, 4) is 0 Å². The summed E-state index contributed by atoms with van der Waals surface area (Å²) in [5, 5.41) is 0.690. The monoisotopic (exact) mass is 291 g/mol. The van der Waals surface area contributed by atoms with Crippen LogP contribution in [0, 0.1) is 0 Å². The smallest absolute Gasteiger partial charge is 0.308 e. The predicted octanol–water partition coefficient (Wildman–Crippen LogP) is 1.95. The third-order valence-electron chi connectivity index (χ3n) is 2.70. The van der Waals surface area contributed by atoms with Crippen LogP contribution in [-0.4, -0.2) is 35.1 Å². The highest BCUT2D eigenvalue weighted by Crippen LogP contribution is 2.22. The number of amides is 2. The van der Waals surface area contributed by atoms with E-state index < -0.39 is 23.4 Å². The van der Waals surface area contributed by atoms with Gasteiger partial charge in [-0.15, -0.1) is 5.06 Å². The molecule has 0 bridgehead atoms. The number of carbonyl (C=O) groups excluding carboxylic acids is 3. The maximum Gasteiger partial charge on any atom is 0.308 e. The lowest BCUT2D eigenvalue weighted by molar-refractivity contribution is -0.159. The third-order valence-corrected chi connectivity index (χ3v) is 2.70. The van der Waals surface area contributed by atoms with E-state index in [2.05, 4.69) is 0 Å². The van der Waals surface area contributed by atoms with Crippen molar-refractivity contribution < 1.29 is 24.0 Å². The second kappa shape index (κ2) is 5.65. The molecule has 1 aliphatic rings. The molecule has 1 aliphatic heterocycles. The maximum atomic E-state index is 12.0. The topological polar surface area (TPSA) is 72.9 Å². The SMILES string of the molecule is CC(C)(C)OC(=O)CCON1C(=O)c2ccccc2C1=O. The Hall–Kier alpha value is -2.21. The molecule has 0 aromatic heterocycles. The number of carbonyl (C=O) groups is 3. The summed E-state index contributed by atoms with van der Waals surface area (Å²) < 4.78 is 5.11. The number of hydroxylamine groups is 2. The second-order valence-corrected chi connectivity index (χ2v) is 5.62. The quantitative estimate of drug-likeness (QED) is 0.626. The van der Waals surface area contributed by atoms with Gasteiger partial charge in [-0.05, 0) is 32.9 Å². The fraction of sp³-hybridized carbons (Fsp3) is 0.400. The highest BCUT2D eigenvalue weighted by atomic mass is 16.7. The summed E-state index contributed by atoms with van der Waals surface area (Å²) in [7, 11) is 0. The Morgan fingerprint density at radius 1 is 1.10 bits per heavy atom. The first-order chi connectivity index (χ1) is 9.79. The molecule has 2 amide bonds. The summed E-state index contributed by atoms with van der Waals surface area (Å²) >= 11 is 0. The number of hydrogen-bond donors (Lipinski definition) is 0.